The van der Waals surface area contributed by atoms with Crippen LogP contribution in [0.5, 0.6) is 0 Å². The molecule has 0 bridgehead atoms. The van der Waals surface area contributed by atoms with Crippen LogP contribution in [0.4, 0.5) is 0 Å². The summed E-state index contributed by atoms with van der Waals surface area (Å²) < 4.78 is 37.4. The highest BCUT2D eigenvalue weighted by molar-refractivity contribution is 7.89. The lowest BCUT2D eigenvalue weighted by Crippen LogP contribution is -2.42. The van der Waals surface area contributed by atoms with Crippen LogP contribution >= 0.6 is 0 Å². The van der Waals surface area contributed by atoms with Crippen molar-refractivity contribution in [2.75, 3.05) is 19.7 Å². The molecule has 0 aliphatic carbocycles. The Labute approximate surface area is 153 Å². The second-order valence-corrected chi connectivity index (χ2v) is 8.17. The van der Waals surface area contributed by atoms with E-state index in [1.54, 1.807) is 38.1 Å². The number of rotatable bonds is 5. The number of hydrogen-bond donors (Lipinski definition) is 0. The van der Waals surface area contributed by atoms with Gasteiger partial charge in [0.2, 0.25) is 10.0 Å². The molecule has 1 saturated heterocycles. The van der Waals surface area contributed by atoms with Crippen molar-refractivity contribution in [3.8, 4) is 11.3 Å². The molecule has 1 fully saturated rings. The van der Waals surface area contributed by atoms with Crippen LogP contribution in [0.1, 0.15) is 25.7 Å². The SMILES string of the molecule is CCOC(=O)C1CCCN(S(=O)(=O)c2ccc(-c3coc(C)n3)cc2)C1. The fourth-order valence-electron chi connectivity index (χ4n) is 3.06. The Bertz CT molecular complexity index is 873. The van der Waals surface area contributed by atoms with E-state index in [-0.39, 0.29) is 17.4 Å². The maximum absolute atomic E-state index is 12.9. The summed E-state index contributed by atoms with van der Waals surface area (Å²) in [6, 6.07) is 6.53. The predicted octanol–water partition coefficient (Wildman–Crippen LogP) is 2.61. The molecule has 8 heteroatoms. The molecule has 3 rings (SSSR count). The summed E-state index contributed by atoms with van der Waals surface area (Å²) in [6.07, 6.45) is 2.82. The van der Waals surface area contributed by atoms with Crippen molar-refractivity contribution < 1.29 is 22.4 Å². The summed E-state index contributed by atoms with van der Waals surface area (Å²) in [5.74, 6) is -0.185. The number of carbonyl (C=O) groups excluding carboxylic acids is 1. The molecule has 1 aliphatic rings. The lowest BCUT2D eigenvalue weighted by Gasteiger charge is -2.30. The van der Waals surface area contributed by atoms with Crippen LogP contribution in [0.15, 0.2) is 39.8 Å². The summed E-state index contributed by atoms with van der Waals surface area (Å²) in [6.45, 7) is 4.35. The number of aryl methyl sites for hydroxylation is 1. The van der Waals surface area contributed by atoms with Gasteiger partial charge in [0, 0.05) is 25.6 Å². The molecule has 0 spiro atoms. The van der Waals surface area contributed by atoms with Gasteiger partial charge in [0.1, 0.15) is 12.0 Å². The molecule has 7 nitrogen and oxygen atoms in total. The van der Waals surface area contributed by atoms with Crippen molar-refractivity contribution in [2.24, 2.45) is 5.92 Å². The molecule has 0 amide bonds. The Hall–Kier alpha value is -2.19. The third kappa shape index (κ3) is 3.81. The van der Waals surface area contributed by atoms with E-state index in [0.29, 0.717) is 37.6 Å². The maximum atomic E-state index is 12.9. The van der Waals surface area contributed by atoms with Crippen LogP contribution in [-0.2, 0) is 19.6 Å². The second kappa shape index (κ2) is 7.59. The molecule has 2 heterocycles. The van der Waals surface area contributed by atoms with Crippen molar-refractivity contribution >= 4 is 16.0 Å². The van der Waals surface area contributed by atoms with E-state index in [1.807, 2.05) is 0 Å². The Morgan fingerprint density at radius 3 is 2.69 bits per heavy atom. The van der Waals surface area contributed by atoms with Gasteiger partial charge in [0.15, 0.2) is 5.89 Å². The number of esters is 1. The molecule has 0 radical (unpaired) electrons. The first-order valence-electron chi connectivity index (χ1n) is 8.61. The minimum Gasteiger partial charge on any atom is -0.466 e. The third-order valence-electron chi connectivity index (χ3n) is 4.41. The van der Waals surface area contributed by atoms with Crippen molar-refractivity contribution in [1.82, 2.24) is 9.29 Å². The monoisotopic (exact) mass is 378 g/mol. The van der Waals surface area contributed by atoms with Gasteiger partial charge in [-0.15, -0.1) is 0 Å². The van der Waals surface area contributed by atoms with Crippen molar-refractivity contribution in [2.45, 2.75) is 31.6 Å². The summed E-state index contributed by atoms with van der Waals surface area (Å²) in [5.41, 5.74) is 1.44. The third-order valence-corrected chi connectivity index (χ3v) is 6.29. The number of piperidine rings is 1. The minimum atomic E-state index is -3.66. The highest BCUT2D eigenvalue weighted by Crippen LogP contribution is 2.26. The Morgan fingerprint density at radius 2 is 2.08 bits per heavy atom. The standard InChI is InChI=1S/C18H22N2O5S/c1-3-24-18(21)15-5-4-10-20(11-15)26(22,23)16-8-6-14(7-9-16)17-12-25-13(2)19-17/h6-9,12,15H,3-5,10-11H2,1-2H3. The molecule has 1 aromatic heterocycles. The van der Waals surface area contributed by atoms with Gasteiger partial charge in [-0.2, -0.15) is 4.31 Å². The van der Waals surface area contributed by atoms with E-state index in [0.717, 1.165) is 5.56 Å². The van der Waals surface area contributed by atoms with Crippen LogP contribution in [0, 0.1) is 12.8 Å². The highest BCUT2D eigenvalue weighted by Gasteiger charge is 2.33. The number of ether oxygens (including phenoxy) is 1. The molecule has 2 aromatic rings. The molecule has 1 aliphatic heterocycles. The Morgan fingerprint density at radius 1 is 1.35 bits per heavy atom. The smallest absolute Gasteiger partial charge is 0.310 e. The average Bonchev–Trinajstić information content (AvgIpc) is 3.08. The first-order chi connectivity index (χ1) is 12.4. The van der Waals surface area contributed by atoms with Crippen LogP contribution in [0.25, 0.3) is 11.3 Å². The van der Waals surface area contributed by atoms with Gasteiger partial charge in [-0.05, 0) is 31.9 Å². The van der Waals surface area contributed by atoms with Gasteiger partial charge < -0.3 is 9.15 Å². The average molecular weight is 378 g/mol. The summed E-state index contributed by atoms with van der Waals surface area (Å²) in [5, 5.41) is 0. The lowest BCUT2D eigenvalue weighted by atomic mass is 10.0. The molecular formula is C18H22N2O5S. The van der Waals surface area contributed by atoms with Gasteiger partial charge in [-0.25, -0.2) is 13.4 Å². The predicted molar refractivity (Wildman–Crippen MR) is 94.8 cm³/mol. The summed E-state index contributed by atoms with van der Waals surface area (Å²) in [7, 11) is -3.66. The van der Waals surface area contributed by atoms with E-state index < -0.39 is 15.9 Å². The summed E-state index contributed by atoms with van der Waals surface area (Å²) >= 11 is 0. The zero-order valence-electron chi connectivity index (χ0n) is 14.8. The second-order valence-electron chi connectivity index (χ2n) is 6.23. The first kappa shape index (κ1) is 18.6. The topological polar surface area (TPSA) is 89.7 Å². The molecule has 1 aromatic carbocycles. The number of oxazole rings is 1. The fourth-order valence-corrected chi connectivity index (χ4v) is 4.58. The number of sulfonamides is 1. The minimum absolute atomic E-state index is 0.158. The fraction of sp³-hybridized carbons (Fsp3) is 0.444. The number of carbonyl (C=O) groups is 1. The Kier molecular flexibility index (Phi) is 5.43. The molecular weight excluding hydrogens is 356 g/mol. The maximum Gasteiger partial charge on any atom is 0.310 e. The van der Waals surface area contributed by atoms with Gasteiger partial charge in [-0.1, -0.05) is 12.1 Å². The van der Waals surface area contributed by atoms with Crippen molar-refractivity contribution in [3.05, 3.63) is 36.4 Å². The van der Waals surface area contributed by atoms with E-state index >= 15 is 0 Å². The number of hydrogen-bond acceptors (Lipinski definition) is 6. The van der Waals surface area contributed by atoms with Gasteiger partial charge in [-0.3, -0.25) is 4.79 Å². The number of benzene rings is 1. The molecule has 0 N–H and O–H groups in total. The zero-order valence-corrected chi connectivity index (χ0v) is 15.7. The Balaban J connectivity index is 1.78. The molecule has 140 valence electrons. The molecule has 1 atom stereocenters. The van der Waals surface area contributed by atoms with Crippen LogP contribution in [0.3, 0.4) is 0 Å². The van der Waals surface area contributed by atoms with E-state index in [1.165, 1.54) is 10.6 Å². The van der Waals surface area contributed by atoms with E-state index in [2.05, 4.69) is 4.98 Å². The van der Waals surface area contributed by atoms with E-state index in [9.17, 15) is 13.2 Å². The number of aromatic nitrogens is 1. The van der Waals surface area contributed by atoms with Gasteiger partial charge >= 0.3 is 5.97 Å². The van der Waals surface area contributed by atoms with Crippen molar-refractivity contribution in [3.63, 3.8) is 0 Å². The van der Waals surface area contributed by atoms with Crippen LogP contribution < -0.4 is 0 Å². The highest BCUT2D eigenvalue weighted by atomic mass is 32.2. The quantitative estimate of drug-likeness (QED) is 0.743. The van der Waals surface area contributed by atoms with Gasteiger partial charge in [0.05, 0.1) is 17.4 Å². The van der Waals surface area contributed by atoms with Crippen molar-refractivity contribution in [1.29, 1.82) is 0 Å². The molecule has 0 saturated carbocycles. The number of nitrogens with zero attached hydrogens (tertiary/aromatic N) is 2. The lowest BCUT2D eigenvalue weighted by molar-refractivity contribution is -0.149. The summed E-state index contributed by atoms with van der Waals surface area (Å²) in [4.78, 5) is 16.4. The van der Waals surface area contributed by atoms with E-state index in [4.69, 9.17) is 9.15 Å². The first-order valence-corrected chi connectivity index (χ1v) is 10.0. The normalized spacial score (nSPS) is 18.6. The van der Waals surface area contributed by atoms with Crippen LogP contribution in [0.2, 0.25) is 0 Å². The largest absolute Gasteiger partial charge is 0.466 e. The van der Waals surface area contributed by atoms with Crippen LogP contribution in [-0.4, -0.2) is 43.4 Å². The van der Waals surface area contributed by atoms with Gasteiger partial charge in [0.25, 0.3) is 0 Å². The zero-order chi connectivity index (χ0) is 18.7. The molecule has 1 unspecified atom stereocenters. The molecule has 26 heavy (non-hydrogen) atoms.